The fourth-order valence-corrected chi connectivity index (χ4v) is 4.59. The molecule has 1 N–H and O–H groups in total. The van der Waals surface area contributed by atoms with Crippen LogP contribution in [0.3, 0.4) is 0 Å². The number of allylic oxidation sites excluding steroid dienone is 2. The number of hydrogen-bond acceptors (Lipinski definition) is 3. The highest BCUT2D eigenvalue weighted by atomic mass is 32.1. The number of aromatic nitrogens is 3. The summed E-state index contributed by atoms with van der Waals surface area (Å²) in [4.78, 5) is 15.1. The first-order valence-corrected chi connectivity index (χ1v) is 9.77. The lowest BCUT2D eigenvalue weighted by Crippen LogP contribution is -2.40. The van der Waals surface area contributed by atoms with Gasteiger partial charge < -0.3 is 9.47 Å². The largest absolute Gasteiger partial charge is 0.342 e. The highest BCUT2D eigenvalue weighted by Gasteiger charge is 2.61. The van der Waals surface area contributed by atoms with Gasteiger partial charge in [0, 0.05) is 25.6 Å². The second-order valence-corrected chi connectivity index (χ2v) is 8.69. The van der Waals surface area contributed by atoms with E-state index in [4.69, 9.17) is 12.2 Å². The van der Waals surface area contributed by atoms with Crippen molar-refractivity contribution in [2.24, 2.45) is 17.3 Å². The van der Waals surface area contributed by atoms with Crippen LogP contribution in [0.2, 0.25) is 0 Å². The van der Waals surface area contributed by atoms with Crippen LogP contribution in [0.1, 0.15) is 59.2 Å². The van der Waals surface area contributed by atoms with Gasteiger partial charge in [-0.15, -0.1) is 0 Å². The Morgan fingerprint density at radius 1 is 1.36 bits per heavy atom. The van der Waals surface area contributed by atoms with Crippen molar-refractivity contribution >= 4 is 18.1 Å². The summed E-state index contributed by atoms with van der Waals surface area (Å²) in [7, 11) is 0. The molecule has 138 valence electrons. The van der Waals surface area contributed by atoms with Gasteiger partial charge in [-0.05, 0) is 57.2 Å². The molecule has 0 aromatic carbocycles. The van der Waals surface area contributed by atoms with Gasteiger partial charge in [-0.1, -0.05) is 25.5 Å². The van der Waals surface area contributed by atoms with Gasteiger partial charge in [-0.25, -0.2) is 0 Å². The molecule has 1 saturated heterocycles. The maximum absolute atomic E-state index is 13.0. The fraction of sp³-hybridized carbons (Fsp3) is 0.737. The van der Waals surface area contributed by atoms with E-state index in [1.54, 1.807) is 0 Å². The molecular formula is C19H30N4OS. The Labute approximate surface area is 155 Å². The second kappa shape index (κ2) is 6.71. The summed E-state index contributed by atoms with van der Waals surface area (Å²) >= 11 is 5.30. The van der Waals surface area contributed by atoms with Gasteiger partial charge in [0.15, 0.2) is 4.77 Å². The maximum Gasteiger partial charge on any atom is 0.226 e. The molecule has 1 aliphatic heterocycles. The molecule has 1 aromatic rings. The molecule has 0 spiro atoms. The molecule has 3 rings (SSSR count). The van der Waals surface area contributed by atoms with Gasteiger partial charge in [-0.3, -0.25) is 9.89 Å². The molecule has 2 fully saturated rings. The van der Waals surface area contributed by atoms with E-state index in [1.165, 1.54) is 5.57 Å². The van der Waals surface area contributed by atoms with Gasteiger partial charge >= 0.3 is 0 Å². The zero-order valence-corrected chi connectivity index (χ0v) is 16.8. The van der Waals surface area contributed by atoms with Crippen LogP contribution in [0.15, 0.2) is 11.6 Å². The van der Waals surface area contributed by atoms with Crippen LogP contribution in [0.4, 0.5) is 0 Å². The summed E-state index contributed by atoms with van der Waals surface area (Å²) in [5, 5.41) is 7.34. The molecule has 1 amide bonds. The van der Waals surface area contributed by atoms with Crippen molar-refractivity contribution in [3.63, 3.8) is 0 Å². The molecule has 1 aromatic heterocycles. The zero-order valence-electron chi connectivity index (χ0n) is 16.0. The molecule has 2 aliphatic rings. The van der Waals surface area contributed by atoms with Crippen molar-refractivity contribution in [1.29, 1.82) is 0 Å². The van der Waals surface area contributed by atoms with Crippen molar-refractivity contribution in [3.05, 3.63) is 22.2 Å². The molecule has 2 unspecified atom stereocenters. The third-order valence-corrected chi connectivity index (χ3v) is 6.28. The number of amides is 1. The minimum Gasteiger partial charge on any atom is -0.342 e. The van der Waals surface area contributed by atoms with E-state index >= 15 is 0 Å². The number of H-pyrrole nitrogens is 1. The summed E-state index contributed by atoms with van der Waals surface area (Å²) in [6.07, 6.45) is 4.20. The SMILES string of the molecule is CCn1c(C2CCN(C(=O)C3C(C=C(C)C)C3(C)C)CC2)n[nH]c1=S. The Balaban J connectivity index is 1.64. The average molecular weight is 363 g/mol. The molecule has 25 heavy (non-hydrogen) atoms. The molecule has 2 atom stereocenters. The van der Waals surface area contributed by atoms with E-state index in [0.29, 0.717) is 22.5 Å². The Bertz CT molecular complexity index is 733. The predicted octanol–water partition coefficient (Wildman–Crippen LogP) is 3.90. The number of nitrogens with zero attached hydrogens (tertiary/aromatic N) is 3. The predicted molar refractivity (Wildman–Crippen MR) is 102 cm³/mol. The molecule has 2 heterocycles. The number of carbonyl (C=O) groups is 1. The molecule has 0 bridgehead atoms. The molecule has 0 radical (unpaired) electrons. The monoisotopic (exact) mass is 362 g/mol. The molecule has 5 nitrogen and oxygen atoms in total. The van der Waals surface area contributed by atoms with Crippen LogP contribution in [0, 0.1) is 22.0 Å². The third-order valence-electron chi connectivity index (χ3n) is 5.97. The van der Waals surface area contributed by atoms with Gasteiger partial charge in [0.1, 0.15) is 5.82 Å². The summed E-state index contributed by atoms with van der Waals surface area (Å²) in [5.41, 5.74) is 1.39. The van der Waals surface area contributed by atoms with E-state index < -0.39 is 0 Å². The quantitative estimate of drug-likeness (QED) is 0.653. The topological polar surface area (TPSA) is 53.9 Å². The van der Waals surface area contributed by atoms with Crippen LogP contribution in [-0.4, -0.2) is 38.7 Å². The van der Waals surface area contributed by atoms with Crippen molar-refractivity contribution < 1.29 is 4.79 Å². The normalized spacial score (nSPS) is 25.7. The summed E-state index contributed by atoms with van der Waals surface area (Å²) in [6, 6.07) is 0. The summed E-state index contributed by atoms with van der Waals surface area (Å²) in [5.74, 6) is 2.30. The Kier molecular flexibility index (Phi) is 4.93. The zero-order chi connectivity index (χ0) is 18.4. The summed E-state index contributed by atoms with van der Waals surface area (Å²) < 4.78 is 2.77. The number of piperidine rings is 1. The van der Waals surface area contributed by atoms with E-state index in [9.17, 15) is 4.79 Å². The molecule has 6 heteroatoms. The number of rotatable bonds is 4. The highest BCUT2D eigenvalue weighted by molar-refractivity contribution is 7.71. The standard InChI is InChI=1S/C19H30N4OS/c1-6-23-16(20-21-18(23)25)13-7-9-22(10-8-13)17(24)15-14(11-12(2)3)19(15,4)5/h11,13-15H,6-10H2,1-5H3,(H,21,25). The van der Waals surface area contributed by atoms with Crippen LogP contribution >= 0.6 is 12.2 Å². The highest BCUT2D eigenvalue weighted by Crippen LogP contribution is 2.60. The number of likely N-dealkylation sites (tertiary alicyclic amines) is 1. The first-order chi connectivity index (χ1) is 11.8. The van der Waals surface area contributed by atoms with E-state index in [1.807, 2.05) is 0 Å². The van der Waals surface area contributed by atoms with E-state index in [0.717, 1.165) is 38.3 Å². The van der Waals surface area contributed by atoms with Crippen molar-refractivity contribution in [2.45, 2.75) is 59.9 Å². The minimum absolute atomic E-state index is 0.0931. The van der Waals surface area contributed by atoms with E-state index in [2.05, 4.69) is 60.4 Å². The van der Waals surface area contributed by atoms with Gasteiger partial charge in [0.25, 0.3) is 0 Å². The maximum atomic E-state index is 13.0. The first-order valence-electron chi connectivity index (χ1n) is 9.36. The van der Waals surface area contributed by atoms with Gasteiger partial charge in [0.2, 0.25) is 5.91 Å². The van der Waals surface area contributed by atoms with Crippen molar-refractivity contribution in [1.82, 2.24) is 19.7 Å². The van der Waals surface area contributed by atoms with Crippen LogP contribution in [0.25, 0.3) is 0 Å². The lowest BCUT2D eigenvalue weighted by atomic mass is 9.95. The second-order valence-electron chi connectivity index (χ2n) is 8.30. The van der Waals surface area contributed by atoms with Crippen molar-refractivity contribution in [3.8, 4) is 0 Å². The molecule has 1 aliphatic carbocycles. The van der Waals surface area contributed by atoms with Crippen LogP contribution in [-0.2, 0) is 11.3 Å². The molecule has 1 saturated carbocycles. The number of aromatic amines is 1. The lowest BCUT2D eigenvalue weighted by Gasteiger charge is -2.32. The Morgan fingerprint density at radius 2 is 2.00 bits per heavy atom. The Morgan fingerprint density at radius 3 is 2.56 bits per heavy atom. The van der Waals surface area contributed by atoms with Crippen LogP contribution < -0.4 is 0 Å². The third kappa shape index (κ3) is 3.33. The van der Waals surface area contributed by atoms with E-state index in [-0.39, 0.29) is 11.3 Å². The van der Waals surface area contributed by atoms with Gasteiger partial charge in [0.05, 0.1) is 5.92 Å². The fourth-order valence-electron chi connectivity index (χ4n) is 4.32. The van der Waals surface area contributed by atoms with Gasteiger partial charge in [-0.2, -0.15) is 5.10 Å². The summed E-state index contributed by atoms with van der Waals surface area (Å²) in [6.45, 7) is 13.2. The number of carbonyl (C=O) groups excluding carboxylic acids is 1. The molecular weight excluding hydrogens is 332 g/mol. The number of nitrogens with one attached hydrogen (secondary N) is 1. The average Bonchev–Trinajstić information content (AvgIpc) is 2.90. The minimum atomic E-state index is 0.0931. The first kappa shape index (κ1) is 18.4. The van der Waals surface area contributed by atoms with Crippen molar-refractivity contribution in [2.75, 3.05) is 13.1 Å². The Hall–Kier alpha value is -1.43. The number of hydrogen-bond donors (Lipinski definition) is 1. The smallest absolute Gasteiger partial charge is 0.226 e. The lowest BCUT2D eigenvalue weighted by molar-refractivity contribution is -0.134. The van der Waals surface area contributed by atoms with Crippen LogP contribution in [0.5, 0.6) is 0 Å².